The van der Waals surface area contributed by atoms with E-state index in [1.165, 1.54) is 6.07 Å². The zero-order chi connectivity index (χ0) is 22.8. The summed E-state index contributed by atoms with van der Waals surface area (Å²) in [4.78, 5) is 62.4. The topological polar surface area (TPSA) is 136 Å². The summed E-state index contributed by atoms with van der Waals surface area (Å²) in [6.45, 7) is 2.27. The molecule has 0 saturated carbocycles. The molecule has 1 saturated heterocycles. The lowest BCUT2D eigenvalue weighted by Crippen LogP contribution is -2.54. The van der Waals surface area contributed by atoms with Gasteiger partial charge in [0.25, 0.3) is 11.8 Å². The van der Waals surface area contributed by atoms with E-state index in [0.717, 1.165) is 4.90 Å². The van der Waals surface area contributed by atoms with Crippen LogP contribution in [0.4, 0.5) is 0 Å². The molecule has 1 atom stereocenters. The first-order chi connectivity index (χ1) is 15.4. The number of amides is 4. The van der Waals surface area contributed by atoms with Crippen molar-refractivity contribution in [2.45, 2.75) is 38.6 Å². The standard InChI is InChI=1S/C22H20N4O6/c1-2-32-19-10-6-15(24-25-19)17(27)8-4-12-3-5-13-14(11-12)22(31)26(21(13)30)16-7-9-18(28)23-20(16)29/h3,5-6,10-11,16H,2,4,7-9H2,1H3,(H,23,28,29). The highest BCUT2D eigenvalue weighted by molar-refractivity contribution is 6.23. The normalized spacial score (nSPS) is 17.9. The fourth-order valence-corrected chi connectivity index (χ4v) is 3.75. The van der Waals surface area contributed by atoms with Gasteiger partial charge in [-0.2, -0.15) is 0 Å². The molecule has 1 aromatic heterocycles. The molecule has 0 radical (unpaired) electrons. The van der Waals surface area contributed by atoms with Crippen molar-refractivity contribution in [3.05, 3.63) is 52.7 Å². The van der Waals surface area contributed by atoms with Crippen LogP contribution in [0.2, 0.25) is 0 Å². The number of piperidine rings is 1. The van der Waals surface area contributed by atoms with Crippen LogP contribution < -0.4 is 10.1 Å². The maximum Gasteiger partial charge on any atom is 0.262 e. The smallest absolute Gasteiger partial charge is 0.262 e. The first-order valence-electron chi connectivity index (χ1n) is 10.2. The molecule has 1 fully saturated rings. The summed E-state index contributed by atoms with van der Waals surface area (Å²) in [5.41, 5.74) is 1.30. The average Bonchev–Trinajstić information content (AvgIpc) is 3.03. The minimum atomic E-state index is -1.01. The monoisotopic (exact) mass is 436 g/mol. The van der Waals surface area contributed by atoms with E-state index in [4.69, 9.17) is 4.74 Å². The van der Waals surface area contributed by atoms with Gasteiger partial charge in [0.1, 0.15) is 11.7 Å². The van der Waals surface area contributed by atoms with E-state index >= 15 is 0 Å². The number of nitrogens with one attached hydrogen (secondary N) is 1. The predicted octanol–water partition coefficient (Wildman–Crippen LogP) is 1.09. The second-order valence-electron chi connectivity index (χ2n) is 7.44. The Hall–Kier alpha value is -3.95. The van der Waals surface area contributed by atoms with Gasteiger partial charge in [0.15, 0.2) is 5.78 Å². The van der Waals surface area contributed by atoms with Crippen LogP contribution in [0.3, 0.4) is 0 Å². The lowest BCUT2D eigenvalue weighted by atomic mass is 10.0. The Morgan fingerprint density at radius 3 is 2.56 bits per heavy atom. The van der Waals surface area contributed by atoms with E-state index in [0.29, 0.717) is 24.5 Å². The molecule has 10 nitrogen and oxygen atoms in total. The Labute approximate surface area is 182 Å². The molecule has 1 aromatic carbocycles. The molecular formula is C22H20N4O6. The van der Waals surface area contributed by atoms with Crippen molar-refractivity contribution in [3.8, 4) is 5.88 Å². The maximum atomic E-state index is 12.9. The Morgan fingerprint density at radius 2 is 1.88 bits per heavy atom. The average molecular weight is 436 g/mol. The molecule has 1 N–H and O–H groups in total. The second-order valence-corrected chi connectivity index (χ2v) is 7.44. The van der Waals surface area contributed by atoms with Crippen LogP contribution in [0.15, 0.2) is 30.3 Å². The van der Waals surface area contributed by atoms with Gasteiger partial charge in [0.05, 0.1) is 17.7 Å². The molecule has 4 amide bonds. The molecule has 164 valence electrons. The van der Waals surface area contributed by atoms with Crippen LogP contribution in [-0.2, 0) is 16.0 Å². The van der Waals surface area contributed by atoms with E-state index in [1.807, 2.05) is 6.92 Å². The summed E-state index contributed by atoms with van der Waals surface area (Å²) < 4.78 is 5.21. The highest BCUT2D eigenvalue weighted by Gasteiger charge is 2.44. The summed E-state index contributed by atoms with van der Waals surface area (Å²) in [7, 11) is 0. The van der Waals surface area contributed by atoms with Crippen molar-refractivity contribution in [1.29, 1.82) is 0 Å². The number of nitrogens with zero attached hydrogens (tertiary/aromatic N) is 3. The van der Waals surface area contributed by atoms with Gasteiger partial charge >= 0.3 is 0 Å². The molecule has 2 aliphatic rings. The Bertz CT molecular complexity index is 1130. The third-order valence-corrected chi connectivity index (χ3v) is 5.36. The van der Waals surface area contributed by atoms with Gasteiger partial charge < -0.3 is 4.74 Å². The largest absolute Gasteiger partial charge is 0.477 e. The number of hydrogen-bond donors (Lipinski definition) is 1. The number of imide groups is 2. The fourth-order valence-electron chi connectivity index (χ4n) is 3.75. The van der Waals surface area contributed by atoms with Crippen LogP contribution >= 0.6 is 0 Å². The van der Waals surface area contributed by atoms with Crippen LogP contribution in [0.5, 0.6) is 5.88 Å². The number of Topliss-reactive ketones (excluding diaryl/α,β-unsaturated/α-hetero) is 1. The molecule has 2 aromatic rings. The van der Waals surface area contributed by atoms with E-state index in [2.05, 4.69) is 15.5 Å². The molecule has 3 heterocycles. The summed E-state index contributed by atoms with van der Waals surface area (Å²) in [5, 5.41) is 9.87. The molecule has 0 spiro atoms. The number of aromatic nitrogens is 2. The van der Waals surface area contributed by atoms with Gasteiger partial charge in [-0.1, -0.05) is 6.07 Å². The van der Waals surface area contributed by atoms with E-state index < -0.39 is 29.7 Å². The number of hydrogen-bond acceptors (Lipinski definition) is 8. The van der Waals surface area contributed by atoms with Gasteiger partial charge in [-0.05, 0) is 43.5 Å². The van der Waals surface area contributed by atoms with Crippen molar-refractivity contribution < 1.29 is 28.7 Å². The number of carbonyl (C=O) groups is 5. The Morgan fingerprint density at radius 1 is 1.09 bits per heavy atom. The molecule has 2 aliphatic heterocycles. The summed E-state index contributed by atoms with van der Waals surface area (Å²) in [6.07, 6.45) is 0.633. The van der Waals surface area contributed by atoms with Crippen LogP contribution in [0, 0.1) is 0 Å². The van der Waals surface area contributed by atoms with Gasteiger partial charge in [-0.25, -0.2) is 0 Å². The lowest BCUT2D eigenvalue weighted by molar-refractivity contribution is -0.136. The number of carbonyl (C=O) groups excluding carboxylic acids is 5. The molecule has 4 rings (SSSR count). The maximum absolute atomic E-state index is 12.9. The van der Waals surface area contributed by atoms with Gasteiger partial charge in [-0.15, -0.1) is 10.2 Å². The highest BCUT2D eigenvalue weighted by Crippen LogP contribution is 2.28. The molecule has 0 aliphatic carbocycles. The zero-order valence-corrected chi connectivity index (χ0v) is 17.3. The number of rotatable bonds is 7. The van der Waals surface area contributed by atoms with Gasteiger partial charge in [-0.3, -0.25) is 34.2 Å². The number of fused-ring (bicyclic) bond motifs is 1. The van der Waals surface area contributed by atoms with E-state index in [9.17, 15) is 24.0 Å². The second kappa shape index (κ2) is 8.66. The van der Waals surface area contributed by atoms with Crippen molar-refractivity contribution in [3.63, 3.8) is 0 Å². The Kier molecular flexibility index (Phi) is 5.76. The summed E-state index contributed by atoms with van der Waals surface area (Å²) in [5.74, 6) is -2.10. The minimum Gasteiger partial charge on any atom is -0.477 e. The SMILES string of the molecule is CCOc1ccc(C(=O)CCc2ccc3c(c2)C(=O)N(C2CCC(=O)NC2=O)C3=O)nn1. The fraction of sp³-hybridized carbons (Fsp3) is 0.318. The zero-order valence-electron chi connectivity index (χ0n) is 17.3. The van der Waals surface area contributed by atoms with E-state index in [1.54, 1.807) is 24.3 Å². The molecule has 32 heavy (non-hydrogen) atoms. The first kappa shape index (κ1) is 21.3. The quantitative estimate of drug-likeness (QED) is 0.503. The number of ketones is 1. The first-order valence-corrected chi connectivity index (χ1v) is 10.2. The number of aryl methyl sites for hydroxylation is 1. The number of benzene rings is 1. The summed E-state index contributed by atoms with van der Waals surface area (Å²) in [6, 6.07) is 6.88. The van der Waals surface area contributed by atoms with Crippen molar-refractivity contribution >= 4 is 29.4 Å². The van der Waals surface area contributed by atoms with Crippen LogP contribution in [-0.4, -0.2) is 57.2 Å². The highest BCUT2D eigenvalue weighted by atomic mass is 16.5. The minimum absolute atomic E-state index is 0.0611. The van der Waals surface area contributed by atoms with Crippen LogP contribution in [0.1, 0.15) is 63.0 Å². The Balaban J connectivity index is 1.45. The predicted molar refractivity (Wildman–Crippen MR) is 109 cm³/mol. The van der Waals surface area contributed by atoms with Crippen molar-refractivity contribution in [1.82, 2.24) is 20.4 Å². The van der Waals surface area contributed by atoms with Crippen molar-refractivity contribution in [2.24, 2.45) is 0 Å². The van der Waals surface area contributed by atoms with Gasteiger partial charge in [0.2, 0.25) is 17.7 Å². The van der Waals surface area contributed by atoms with Crippen molar-refractivity contribution in [2.75, 3.05) is 6.61 Å². The molecular weight excluding hydrogens is 416 g/mol. The third-order valence-electron chi connectivity index (χ3n) is 5.36. The summed E-state index contributed by atoms with van der Waals surface area (Å²) >= 11 is 0. The van der Waals surface area contributed by atoms with E-state index in [-0.39, 0.29) is 41.9 Å². The lowest BCUT2D eigenvalue weighted by Gasteiger charge is -2.27. The third kappa shape index (κ3) is 3.98. The van der Waals surface area contributed by atoms with Gasteiger partial charge in [0, 0.05) is 18.9 Å². The molecule has 10 heteroatoms. The molecule has 1 unspecified atom stereocenters. The molecule has 0 bridgehead atoms. The van der Waals surface area contributed by atoms with Crippen LogP contribution in [0.25, 0.3) is 0 Å². The number of ether oxygens (including phenoxy) is 1.